The van der Waals surface area contributed by atoms with Gasteiger partial charge in [0.2, 0.25) is 0 Å². The van der Waals surface area contributed by atoms with E-state index in [1.165, 1.54) is 51.2 Å². The van der Waals surface area contributed by atoms with Crippen LogP contribution in [0.25, 0.3) is 41.1 Å². The maximum Gasteiger partial charge on any atom is 0.453 e. The van der Waals surface area contributed by atoms with Crippen molar-refractivity contribution in [3.05, 3.63) is 156 Å². The van der Waals surface area contributed by atoms with Crippen molar-refractivity contribution in [2.75, 3.05) is 67.4 Å². The van der Waals surface area contributed by atoms with Crippen molar-refractivity contribution in [2.45, 2.75) is 142 Å². The molecule has 8 aromatic rings. The summed E-state index contributed by atoms with van der Waals surface area (Å²) in [4.78, 5) is 80.0. The van der Waals surface area contributed by atoms with Gasteiger partial charge >= 0.3 is 48.1 Å². The molecule has 0 amide bonds. The molecule has 1 N–H and O–H groups in total. The number of benzene rings is 6. The fraction of sp³-hybridized carbons (Fsp3) is 0.425. The SMILES string of the molecule is CCOC(=O)C(CCCCCCl)(CCCC(F)(F)C(F)(F)F)C(=O)OCC.CCOC(=O)C(CCCCCOc1ccc(C(=O)c2c(-c3ccc(OC)cc3)sc3cc(OC)ccc23)cc1)(CCCC(F)(F)C(F)(F)F)C(=O)OCC.COc1ccc(-c2sc3cc(OC)ccc3c2C(=O)c2ccc(O)cc2)cc1. The molecule has 0 atom stereocenters. The number of carbonyl (C=O) groups excluding carboxylic acids is 6. The number of ketones is 2. The van der Waals surface area contributed by atoms with Crippen molar-refractivity contribution in [3.8, 4) is 55.4 Å². The van der Waals surface area contributed by atoms with Crippen LogP contribution in [0.5, 0.6) is 34.5 Å². The van der Waals surface area contributed by atoms with Crippen molar-refractivity contribution in [1.82, 2.24) is 0 Å². The third-order valence-corrected chi connectivity index (χ3v) is 20.3. The lowest BCUT2D eigenvalue weighted by Gasteiger charge is -2.30. The first-order valence-electron chi connectivity index (χ1n) is 35.0. The second-order valence-electron chi connectivity index (χ2n) is 24.8. The van der Waals surface area contributed by atoms with Gasteiger partial charge in [0.25, 0.3) is 0 Å². The number of esters is 4. The topological polar surface area (TPSA) is 206 Å². The van der Waals surface area contributed by atoms with Crippen molar-refractivity contribution >= 4 is 89.9 Å². The number of fused-ring (bicyclic) bond motifs is 2. The molecule has 2 heterocycles. The van der Waals surface area contributed by atoms with E-state index in [9.17, 15) is 77.8 Å². The number of aromatic hydroxyl groups is 1. The molecule has 16 nitrogen and oxygen atoms in total. The lowest BCUT2D eigenvalue weighted by Crippen LogP contribution is -2.43. The lowest BCUT2D eigenvalue weighted by molar-refractivity contribution is -0.285. The number of halogens is 11. The summed E-state index contributed by atoms with van der Waals surface area (Å²) in [5.41, 5.74) is 0.0835. The maximum atomic E-state index is 14.0. The summed E-state index contributed by atoms with van der Waals surface area (Å²) in [6.45, 7) is 5.83. The summed E-state index contributed by atoms with van der Waals surface area (Å²) in [6.07, 6.45) is -14.7. The van der Waals surface area contributed by atoms with Crippen LogP contribution in [0, 0.1) is 10.8 Å². The van der Waals surface area contributed by atoms with E-state index in [2.05, 4.69) is 0 Å². The highest BCUT2D eigenvalue weighted by Crippen LogP contribution is 2.47. The van der Waals surface area contributed by atoms with Gasteiger partial charge in [-0.05, 0) is 224 Å². The molecule has 0 saturated heterocycles. The first kappa shape index (κ1) is 88.7. The zero-order valence-electron chi connectivity index (χ0n) is 61.4. The highest BCUT2D eigenvalue weighted by Gasteiger charge is 2.59. The van der Waals surface area contributed by atoms with Crippen LogP contribution in [0.15, 0.2) is 133 Å². The van der Waals surface area contributed by atoms with Crippen LogP contribution in [-0.4, -0.2) is 132 Å². The molecule has 0 bridgehead atoms. The summed E-state index contributed by atoms with van der Waals surface area (Å²) in [7, 11) is 6.42. The minimum atomic E-state index is -5.76. The number of hydrogen-bond acceptors (Lipinski definition) is 18. The van der Waals surface area contributed by atoms with Crippen LogP contribution >= 0.6 is 34.3 Å². The van der Waals surface area contributed by atoms with Gasteiger partial charge in [0.05, 0.1) is 61.5 Å². The average Bonchev–Trinajstić information content (AvgIpc) is 1.63. The van der Waals surface area contributed by atoms with Crippen molar-refractivity contribution in [2.24, 2.45) is 10.8 Å². The number of ether oxygens (including phenoxy) is 9. The van der Waals surface area contributed by atoms with Crippen molar-refractivity contribution in [3.63, 3.8) is 0 Å². The predicted octanol–water partition coefficient (Wildman–Crippen LogP) is 21.0. The Balaban J connectivity index is 0.000000283. The number of methoxy groups -OCH3 is 4. The Morgan fingerprint density at radius 3 is 1.04 bits per heavy atom. The van der Waals surface area contributed by atoms with E-state index in [1.807, 2.05) is 84.9 Å². The molecular weight excluding hydrogens is 1510 g/mol. The molecule has 29 heteroatoms. The number of rotatable bonds is 38. The number of alkyl halides is 11. The normalized spacial score (nSPS) is 11.9. The fourth-order valence-corrected chi connectivity index (χ4v) is 14.4. The molecule has 0 spiro atoms. The monoisotopic (exact) mass is 1590 g/mol. The number of thiophene rings is 2. The molecule has 0 aliphatic carbocycles. The molecule has 0 radical (unpaired) electrons. The van der Waals surface area contributed by atoms with Crippen LogP contribution in [0.1, 0.15) is 149 Å². The Bertz CT molecular complexity index is 4240. The standard InChI is InChI=1S/C40H43F5O8S.C23H18O4S.C17H26ClF5O4/c1-5-51-36(47)38(37(48)52-6-2,22-10-23-39(41,42)40(43,44)45)21-8-7-9-24-53-29-17-11-26(12-18-29)34(46)33-31-20-19-30(50-4)25-32(31)54-35(33)27-13-15-28(49-3)16-14-27;1-26-17-9-5-15(6-10-17)23-21(22(25)14-3-7-16(24)8-4-14)19-12-11-18(27-2)13-20(19)28-23;1-3-26-13(24)15(14(25)27-4-2,9-6-5-7-12-18)10-8-11-16(19,20)17(21,22)23/h11-20,25H,5-10,21-24H2,1-4H3;3-13,24H,1-2H3;3-12H2,1-2H3. The number of hydrogen-bond donors (Lipinski definition) is 1. The number of unbranched alkanes of at least 4 members (excludes halogenated alkanes) is 4. The van der Waals surface area contributed by atoms with E-state index >= 15 is 0 Å². The van der Waals surface area contributed by atoms with Gasteiger partial charge in [-0.1, -0.05) is 25.7 Å². The Morgan fingerprint density at radius 1 is 0.385 bits per heavy atom. The van der Waals surface area contributed by atoms with E-state index in [-0.39, 0.29) is 69.6 Å². The number of phenols is 1. The molecule has 8 rings (SSSR count). The highest BCUT2D eigenvalue weighted by atomic mass is 35.5. The van der Waals surface area contributed by atoms with Crippen LogP contribution in [-0.2, 0) is 38.1 Å². The molecule has 0 aliphatic rings. The third-order valence-electron chi connectivity index (χ3n) is 17.6. The van der Waals surface area contributed by atoms with Gasteiger partial charge in [-0.15, -0.1) is 34.3 Å². The fourth-order valence-electron chi connectivity index (χ4n) is 11.8. The zero-order valence-corrected chi connectivity index (χ0v) is 63.8. The molecule has 592 valence electrons. The van der Waals surface area contributed by atoms with Gasteiger partial charge in [-0.2, -0.15) is 43.9 Å². The maximum absolute atomic E-state index is 14.0. The first-order valence-corrected chi connectivity index (χ1v) is 37.2. The molecule has 109 heavy (non-hydrogen) atoms. The number of phenolic OH excluding ortho intramolecular Hbond substituents is 1. The molecular formula is C80H87ClF10O16S2. The van der Waals surface area contributed by atoms with E-state index in [4.69, 9.17) is 54.2 Å². The van der Waals surface area contributed by atoms with Gasteiger partial charge in [0, 0.05) is 70.9 Å². The van der Waals surface area contributed by atoms with Gasteiger partial charge in [0.15, 0.2) is 22.4 Å². The van der Waals surface area contributed by atoms with Gasteiger partial charge in [0.1, 0.15) is 34.5 Å². The Labute approximate surface area is 638 Å². The highest BCUT2D eigenvalue weighted by molar-refractivity contribution is 7.23. The summed E-state index contributed by atoms with van der Waals surface area (Å²) in [5, 5.41) is 11.2. The summed E-state index contributed by atoms with van der Waals surface area (Å²) >= 11 is 8.62. The van der Waals surface area contributed by atoms with E-state index in [1.54, 1.807) is 76.2 Å². The molecule has 0 aliphatic heterocycles. The third kappa shape index (κ3) is 23.2. The Morgan fingerprint density at radius 2 is 0.706 bits per heavy atom. The second kappa shape index (κ2) is 41.0. The van der Waals surface area contributed by atoms with Gasteiger partial charge in [-0.25, -0.2) is 0 Å². The van der Waals surface area contributed by atoms with Crippen LogP contribution in [0.3, 0.4) is 0 Å². The lowest BCUT2D eigenvalue weighted by atomic mass is 9.77. The van der Waals surface area contributed by atoms with Crippen LogP contribution in [0.2, 0.25) is 0 Å². The quantitative estimate of drug-likeness (QED) is 0.00726. The van der Waals surface area contributed by atoms with Gasteiger partial charge < -0.3 is 47.7 Å². The molecule has 0 unspecified atom stereocenters. The van der Waals surface area contributed by atoms with Crippen molar-refractivity contribution < 1.29 is 120 Å². The van der Waals surface area contributed by atoms with E-state index < -0.39 is 97.4 Å². The van der Waals surface area contributed by atoms with Crippen LogP contribution < -0.4 is 23.7 Å². The average molecular weight is 1590 g/mol. The zero-order chi connectivity index (χ0) is 80.3. The Kier molecular flexibility index (Phi) is 33.4. The first-order chi connectivity index (χ1) is 51.8. The Hall–Kier alpha value is -9.15. The molecule has 0 fully saturated rings. The van der Waals surface area contributed by atoms with E-state index in [0.29, 0.717) is 77.5 Å². The second-order valence-corrected chi connectivity index (χ2v) is 27.3. The molecule has 6 aromatic carbocycles. The summed E-state index contributed by atoms with van der Waals surface area (Å²) in [5.74, 6) is -10.2. The smallest absolute Gasteiger partial charge is 0.453 e. The largest absolute Gasteiger partial charge is 0.508 e. The number of carbonyl (C=O) groups is 6. The van der Waals surface area contributed by atoms with Crippen LogP contribution in [0.4, 0.5) is 43.9 Å². The minimum absolute atomic E-state index is 0.0691. The molecule has 0 saturated carbocycles. The molecule has 2 aromatic heterocycles. The van der Waals surface area contributed by atoms with Crippen molar-refractivity contribution in [1.29, 1.82) is 0 Å². The summed E-state index contributed by atoms with van der Waals surface area (Å²) < 4.78 is 178. The summed E-state index contributed by atoms with van der Waals surface area (Å²) in [6, 6.07) is 39.5. The minimum Gasteiger partial charge on any atom is -0.508 e. The van der Waals surface area contributed by atoms with Gasteiger partial charge in [-0.3, -0.25) is 28.8 Å². The van der Waals surface area contributed by atoms with E-state index in [0.717, 1.165) is 52.6 Å². The predicted molar refractivity (Wildman–Crippen MR) is 396 cm³/mol.